The van der Waals surface area contributed by atoms with Gasteiger partial charge in [-0.25, -0.2) is 13.2 Å². The summed E-state index contributed by atoms with van der Waals surface area (Å²) in [6.45, 7) is 0. The number of hydrogen-bond acceptors (Lipinski definition) is 2. The van der Waals surface area contributed by atoms with Gasteiger partial charge in [0, 0.05) is 25.0 Å². The number of aryl methyl sites for hydroxylation is 2. The Labute approximate surface area is 175 Å². The molecular weight excluding hydrogens is 387 g/mol. The molecule has 0 N–H and O–H groups in total. The van der Waals surface area contributed by atoms with Crippen molar-refractivity contribution in [1.82, 2.24) is 4.98 Å². The molecule has 1 aromatic carbocycles. The van der Waals surface area contributed by atoms with E-state index in [1.54, 1.807) is 0 Å². The molecule has 0 spiro atoms. The largest absolute Gasteiger partial charge is 0.300 e. The standard InChI is InChI=1S/C25H26F3NO/c26-22-14-17(15-23(27)24(22)28)8-9-20(30)13-16-4-3-6-19(12-16)25-21-7-2-1-5-18(21)10-11-29-25/h2,7,10-11,14-16,19H,1,3-6,8-9,12-13H2/t16-,19?/m1/s1. The number of allylic oxidation sites excluding steroid dienone is 1. The average Bonchev–Trinajstić information content (AvgIpc) is 2.75. The zero-order chi connectivity index (χ0) is 21.1. The molecule has 5 heteroatoms. The van der Waals surface area contributed by atoms with Crippen molar-refractivity contribution in [1.29, 1.82) is 0 Å². The number of benzene rings is 1. The molecule has 0 saturated heterocycles. The summed E-state index contributed by atoms with van der Waals surface area (Å²) in [6.07, 6.45) is 13.5. The first-order valence-electron chi connectivity index (χ1n) is 10.8. The molecule has 2 atom stereocenters. The van der Waals surface area contributed by atoms with Crippen LogP contribution in [0.1, 0.15) is 73.2 Å². The van der Waals surface area contributed by atoms with Crippen LogP contribution >= 0.6 is 0 Å². The minimum Gasteiger partial charge on any atom is -0.300 e. The predicted octanol–water partition coefficient (Wildman–Crippen LogP) is 6.32. The van der Waals surface area contributed by atoms with Crippen molar-refractivity contribution < 1.29 is 18.0 Å². The topological polar surface area (TPSA) is 30.0 Å². The molecule has 1 heterocycles. The third-order valence-corrected chi connectivity index (χ3v) is 6.40. The van der Waals surface area contributed by atoms with Gasteiger partial charge in [-0.3, -0.25) is 9.78 Å². The maximum Gasteiger partial charge on any atom is 0.194 e. The van der Waals surface area contributed by atoms with Crippen LogP contribution in [0.25, 0.3) is 6.08 Å². The zero-order valence-electron chi connectivity index (χ0n) is 17.0. The van der Waals surface area contributed by atoms with Crippen molar-refractivity contribution in [3.8, 4) is 0 Å². The fourth-order valence-corrected chi connectivity index (χ4v) is 4.89. The van der Waals surface area contributed by atoms with Gasteiger partial charge in [0.1, 0.15) is 5.78 Å². The molecule has 0 amide bonds. The van der Waals surface area contributed by atoms with Crippen molar-refractivity contribution in [3.05, 3.63) is 70.3 Å². The molecule has 158 valence electrons. The SMILES string of the molecule is O=C(CCc1cc(F)c(F)c(F)c1)C[C@@H]1CCCC(c2nccc3c2C=CCC3)C1. The average molecular weight is 413 g/mol. The second-order valence-electron chi connectivity index (χ2n) is 8.56. The van der Waals surface area contributed by atoms with Gasteiger partial charge in [-0.05, 0) is 79.3 Å². The number of aromatic nitrogens is 1. The number of Topliss-reactive ketones (excluding diaryl/α,β-unsaturated/α-hetero) is 1. The molecule has 1 saturated carbocycles. The van der Waals surface area contributed by atoms with Crippen LogP contribution in [0, 0.1) is 23.4 Å². The minimum atomic E-state index is -1.47. The molecular formula is C25H26F3NO. The lowest BCUT2D eigenvalue weighted by Gasteiger charge is -2.30. The maximum absolute atomic E-state index is 13.4. The van der Waals surface area contributed by atoms with Gasteiger partial charge in [0.25, 0.3) is 0 Å². The van der Waals surface area contributed by atoms with Crippen LogP contribution in [0.5, 0.6) is 0 Å². The van der Waals surface area contributed by atoms with Gasteiger partial charge in [-0.15, -0.1) is 0 Å². The number of fused-ring (bicyclic) bond motifs is 1. The molecule has 2 nitrogen and oxygen atoms in total. The number of rotatable bonds is 6. The lowest BCUT2D eigenvalue weighted by Crippen LogP contribution is -2.19. The summed E-state index contributed by atoms with van der Waals surface area (Å²) in [7, 11) is 0. The van der Waals surface area contributed by atoms with Crippen molar-refractivity contribution in [3.63, 3.8) is 0 Å². The summed E-state index contributed by atoms with van der Waals surface area (Å²) >= 11 is 0. The van der Waals surface area contributed by atoms with Crippen LogP contribution in [-0.4, -0.2) is 10.8 Å². The Kier molecular flexibility index (Phi) is 6.35. The van der Waals surface area contributed by atoms with Gasteiger partial charge in [0.15, 0.2) is 17.5 Å². The third kappa shape index (κ3) is 4.66. The molecule has 0 aliphatic heterocycles. The predicted molar refractivity (Wildman–Crippen MR) is 111 cm³/mol. The fourth-order valence-electron chi connectivity index (χ4n) is 4.89. The van der Waals surface area contributed by atoms with E-state index in [-0.39, 0.29) is 18.6 Å². The lowest BCUT2D eigenvalue weighted by atomic mass is 9.75. The van der Waals surface area contributed by atoms with Crippen LogP contribution < -0.4 is 0 Å². The molecule has 2 aliphatic carbocycles. The first-order valence-corrected chi connectivity index (χ1v) is 10.8. The second kappa shape index (κ2) is 9.15. The Bertz CT molecular complexity index is 946. The third-order valence-electron chi connectivity index (χ3n) is 6.40. The van der Waals surface area contributed by atoms with Gasteiger partial charge < -0.3 is 0 Å². The normalized spacial score (nSPS) is 20.8. The highest BCUT2D eigenvalue weighted by molar-refractivity contribution is 5.78. The summed E-state index contributed by atoms with van der Waals surface area (Å²) < 4.78 is 39.8. The van der Waals surface area contributed by atoms with Crippen LogP contribution in [0.15, 0.2) is 30.5 Å². The van der Waals surface area contributed by atoms with E-state index in [4.69, 9.17) is 4.98 Å². The Morgan fingerprint density at radius 2 is 1.93 bits per heavy atom. The maximum atomic E-state index is 13.4. The number of nitrogens with zero attached hydrogens (tertiary/aromatic N) is 1. The Balaban J connectivity index is 1.36. The van der Waals surface area contributed by atoms with Crippen molar-refractivity contribution >= 4 is 11.9 Å². The number of carbonyl (C=O) groups excluding carboxylic acids is 1. The minimum absolute atomic E-state index is 0.0914. The molecule has 1 aromatic heterocycles. The first kappa shape index (κ1) is 20.8. The molecule has 30 heavy (non-hydrogen) atoms. The zero-order valence-corrected chi connectivity index (χ0v) is 17.0. The van der Waals surface area contributed by atoms with Crippen molar-refractivity contribution in [2.75, 3.05) is 0 Å². The van der Waals surface area contributed by atoms with E-state index in [9.17, 15) is 18.0 Å². The van der Waals surface area contributed by atoms with Gasteiger partial charge in [-0.1, -0.05) is 18.6 Å². The summed E-state index contributed by atoms with van der Waals surface area (Å²) in [5.41, 5.74) is 4.10. The quantitative estimate of drug-likeness (QED) is 0.519. The molecule has 1 fully saturated rings. The molecule has 0 radical (unpaired) electrons. The summed E-state index contributed by atoms with van der Waals surface area (Å²) in [5, 5.41) is 0. The van der Waals surface area contributed by atoms with Crippen molar-refractivity contribution in [2.45, 2.75) is 63.7 Å². The van der Waals surface area contributed by atoms with Crippen LogP contribution in [0.3, 0.4) is 0 Å². The molecule has 4 rings (SSSR count). The van der Waals surface area contributed by atoms with Gasteiger partial charge in [0.2, 0.25) is 0 Å². The second-order valence-corrected chi connectivity index (χ2v) is 8.56. The smallest absolute Gasteiger partial charge is 0.194 e. The fraction of sp³-hybridized carbons (Fsp3) is 0.440. The summed E-state index contributed by atoms with van der Waals surface area (Å²) in [4.78, 5) is 17.2. The molecule has 2 aliphatic rings. The number of carbonyl (C=O) groups is 1. The first-order chi connectivity index (χ1) is 14.5. The Hall–Kier alpha value is -2.43. The molecule has 2 aromatic rings. The van der Waals surface area contributed by atoms with Crippen LogP contribution in [0.4, 0.5) is 13.2 Å². The Morgan fingerprint density at radius 1 is 1.13 bits per heavy atom. The van der Waals surface area contributed by atoms with Crippen LogP contribution in [-0.2, 0) is 17.6 Å². The number of halogens is 3. The lowest BCUT2D eigenvalue weighted by molar-refractivity contribution is -0.120. The van der Waals surface area contributed by atoms with Gasteiger partial charge in [0.05, 0.1) is 5.69 Å². The highest BCUT2D eigenvalue weighted by atomic mass is 19.2. The highest BCUT2D eigenvalue weighted by Crippen LogP contribution is 2.39. The molecule has 1 unspecified atom stereocenters. The molecule has 0 bridgehead atoms. The van der Waals surface area contributed by atoms with E-state index in [2.05, 4.69) is 18.2 Å². The number of ketones is 1. The summed E-state index contributed by atoms with van der Waals surface area (Å²) in [5.74, 6) is -3.11. The monoisotopic (exact) mass is 413 g/mol. The van der Waals surface area contributed by atoms with E-state index < -0.39 is 17.5 Å². The number of pyridine rings is 1. The highest BCUT2D eigenvalue weighted by Gasteiger charge is 2.28. The van der Waals surface area contributed by atoms with E-state index in [0.29, 0.717) is 23.8 Å². The van der Waals surface area contributed by atoms with E-state index >= 15 is 0 Å². The van der Waals surface area contributed by atoms with E-state index in [1.807, 2.05) is 6.20 Å². The van der Waals surface area contributed by atoms with E-state index in [1.165, 1.54) is 11.1 Å². The van der Waals surface area contributed by atoms with Gasteiger partial charge in [-0.2, -0.15) is 0 Å². The van der Waals surface area contributed by atoms with Crippen molar-refractivity contribution in [2.24, 2.45) is 5.92 Å². The van der Waals surface area contributed by atoms with E-state index in [0.717, 1.165) is 56.4 Å². The van der Waals surface area contributed by atoms with Gasteiger partial charge >= 0.3 is 0 Å². The Morgan fingerprint density at radius 3 is 2.73 bits per heavy atom. The van der Waals surface area contributed by atoms with Crippen LogP contribution in [0.2, 0.25) is 0 Å². The number of hydrogen-bond donors (Lipinski definition) is 0. The summed E-state index contributed by atoms with van der Waals surface area (Å²) in [6, 6.07) is 4.05.